The van der Waals surface area contributed by atoms with Gasteiger partial charge in [-0.3, -0.25) is 4.99 Å². The van der Waals surface area contributed by atoms with E-state index in [2.05, 4.69) is 32.5 Å². The Morgan fingerprint density at radius 1 is 1.27 bits per heavy atom. The standard InChI is InChI=1S/C22H36FN5O.HI/c1-17(19-7-8-21(20(23)15-19)29-16-18-5-6-18)26-22(24-2)25-9-12-28-11-4-10-27(3)13-14-28;/h7-8,15,17-18H,4-6,9-14,16H2,1-3H3,(H2,24,25,26);1H. The SMILES string of the molecule is CN=C(NCCN1CCCN(C)CC1)NC(C)c1ccc(OCC2CC2)c(F)c1.I. The topological polar surface area (TPSA) is 52.1 Å². The molecule has 30 heavy (non-hydrogen) atoms. The third-order valence-electron chi connectivity index (χ3n) is 5.74. The number of halogens is 2. The first-order valence-corrected chi connectivity index (χ1v) is 10.9. The summed E-state index contributed by atoms with van der Waals surface area (Å²) in [6.45, 7) is 8.99. The molecule has 1 aliphatic carbocycles. The van der Waals surface area contributed by atoms with Crippen molar-refractivity contribution in [2.24, 2.45) is 10.9 Å². The molecular formula is C22H37FIN5O. The van der Waals surface area contributed by atoms with Crippen LogP contribution in [-0.2, 0) is 0 Å². The molecule has 1 aromatic carbocycles. The number of rotatable bonds is 8. The third kappa shape index (κ3) is 8.19. The molecule has 1 aliphatic heterocycles. The second-order valence-corrected chi connectivity index (χ2v) is 8.31. The average Bonchev–Trinajstić information content (AvgIpc) is 3.55. The van der Waals surface area contributed by atoms with Crippen LogP contribution in [0.15, 0.2) is 23.2 Å². The zero-order chi connectivity index (χ0) is 20.6. The van der Waals surface area contributed by atoms with Gasteiger partial charge in [-0.25, -0.2) is 4.39 Å². The van der Waals surface area contributed by atoms with Crippen molar-refractivity contribution in [1.29, 1.82) is 0 Å². The van der Waals surface area contributed by atoms with Crippen LogP contribution in [0.4, 0.5) is 4.39 Å². The number of aliphatic imine (C=N–C) groups is 1. The summed E-state index contributed by atoms with van der Waals surface area (Å²) in [4.78, 5) is 9.19. The molecule has 2 N–H and O–H groups in total. The number of nitrogens with zero attached hydrogens (tertiary/aromatic N) is 3. The van der Waals surface area contributed by atoms with Crippen molar-refractivity contribution < 1.29 is 9.13 Å². The summed E-state index contributed by atoms with van der Waals surface area (Å²) in [5.41, 5.74) is 0.875. The van der Waals surface area contributed by atoms with E-state index in [1.807, 2.05) is 13.0 Å². The number of hydrogen-bond donors (Lipinski definition) is 2. The molecule has 0 spiro atoms. The first-order valence-electron chi connectivity index (χ1n) is 10.9. The summed E-state index contributed by atoms with van der Waals surface area (Å²) in [5.74, 6) is 1.39. The Balaban J connectivity index is 0.00000320. The molecule has 1 unspecified atom stereocenters. The fourth-order valence-corrected chi connectivity index (χ4v) is 3.53. The Hall–Kier alpha value is -1.13. The second kappa shape index (κ2) is 12.7. The first kappa shape index (κ1) is 25.1. The number of benzene rings is 1. The van der Waals surface area contributed by atoms with E-state index < -0.39 is 0 Å². The van der Waals surface area contributed by atoms with Gasteiger partial charge in [-0.1, -0.05) is 6.07 Å². The Bertz CT molecular complexity index is 685. The Morgan fingerprint density at radius 3 is 2.77 bits per heavy atom. The van der Waals surface area contributed by atoms with Crippen LogP contribution in [0.1, 0.15) is 37.8 Å². The van der Waals surface area contributed by atoms with E-state index in [0.29, 0.717) is 18.3 Å². The monoisotopic (exact) mass is 533 g/mol. The molecule has 2 fully saturated rings. The van der Waals surface area contributed by atoms with E-state index in [-0.39, 0.29) is 35.8 Å². The molecule has 1 heterocycles. The molecule has 1 aromatic rings. The molecule has 3 rings (SSSR count). The number of nitrogens with one attached hydrogen (secondary N) is 2. The molecule has 6 nitrogen and oxygen atoms in total. The molecule has 1 saturated carbocycles. The summed E-state index contributed by atoms with van der Waals surface area (Å²) < 4.78 is 19.9. The van der Waals surface area contributed by atoms with Gasteiger partial charge in [-0.2, -0.15) is 0 Å². The highest BCUT2D eigenvalue weighted by molar-refractivity contribution is 14.0. The van der Waals surface area contributed by atoms with Crippen LogP contribution in [0.3, 0.4) is 0 Å². The Labute approximate surface area is 197 Å². The molecule has 8 heteroatoms. The molecule has 0 radical (unpaired) electrons. The lowest BCUT2D eigenvalue weighted by atomic mass is 10.1. The molecule has 2 aliphatic rings. The smallest absolute Gasteiger partial charge is 0.191 e. The van der Waals surface area contributed by atoms with Crippen LogP contribution in [0, 0.1) is 11.7 Å². The normalized spacial score (nSPS) is 19.5. The minimum atomic E-state index is -0.300. The summed E-state index contributed by atoms with van der Waals surface area (Å²) in [7, 11) is 3.95. The van der Waals surface area contributed by atoms with Gasteiger partial charge in [0.1, 0.15) is 0 Å². The quantitative estimate of drug-likeness (QED) is 0.306. The van der Waals surface area contributed by atoms with Gasteiger partial charge in [0, 0.05) is 33.2 Å². The van der Waals surface area contributed by atoms with Crippen LogP contribution in [-0.4, -0.2) is 75.7 Å². The van der Waals surface area contributed by atoms with Gasteiger partial charge in [0.15, 0.2) is 17.5 Å². The van der Waals surface area contributed by atoms with Crippen molar-refractivity contribution in [1.82, 2.24) is 20.4 Å². The van der Waals surface area contributed by atoms with Gasteiger partial charge in [-0.05, 0) is 69.9 Å². The number of guanidine groups is 1. The zero-order valence-corrected chi connectivity index (χ0v) is 20.8. The molecule has 0 amide bonds. The number of likely N-dealkylation sites (N-methyl/N-ethyl adjacent to an activating group) is 1. The Kier molecular flexibility index (Phi) is 10.6. The van der Waals surface area contributed by atoms with Crippen molar-refractivity contribution in [2.75, 3.05) is 60.0 Å². The predicted molar refractivity (Wildman–Crippen MR) is 132 cm³/mol. The van der Waals surface area contributed by atoms with E-state index in [9.17, 15) is 4.39 Å². The van der Waals surface area contributed by atoms with Gasteiger partial charge < -0.3 is 25.2 Å². The first-order chi connectivity index (χ1) is 14.0. The third-order valence-corrected chi connectivity index (χ3v) is 5.74. The number of hydrogen-bond acceptors (Lipinski definition) is 4. The molecule has 1 saturated heterocycles. The lowest BCUT2D eigenvalue weighted by Gasteiger charge is -2.22. The van der Waals surface area contributed by atoms with Gasteiger partial charge in [0.25, 0.3) is 0 Å². The van der Waals surface area contributed by atoms with Gasteiger partial charge in [0.05, 0.1) is 12.6 Å². The minimum absolute atomic E-state index is 0. The highest BCUT2D eigenvalue weighted by atomic mass is 127. The average molecular weight is 533 g/mol. The Morgan fingerprint density at radius 2 is 2.07 bits per heavy atom. The van der Waals surface area contributed by atoms with Crippen LogP contribution < -0.4 is 15.4 Å². The van der Waals surface area contributed by atoms with Crippen molar-refractivity contribution >= 4 is 29.9 Å². The fraction of sp³-hybridized carbons (Fsp3) is 0.682. The lowest BCUT2D eigenvalue weighted by Crippen LogP contribution is -2.43. The summed E-state index contributed by atoms with van der Waals surface area (Å²) in [6, 6.07) is 5.16. The minimum Gasteiger partial charge on any atom is -0.490 e. The van der Waals surface area contributed by atoms with Gasteiger partial charge in [-0.15, -0.1) is 24.0 Å². The highest BCUT2D eigenvalue weighted by Gasteiger charge is 2.22. The fourth-order valence-electron chi connectivity index (χ4n) is 3.53. The summed E-state index contributed by atoms with van der Waals surface area (Å²) >= 11 is 0. The van der Waals surface area contributed by atoms with Crippen LogP contribution in [0.5, 0.6) is 5.75 Å². The lowest BCUT2D eigenvalue weighted by molar-refractivity contribution is 0.280. The van der Waals surface area contributed by atoms with Crippen molar-refractivity contribution in [3.05, 3.63) is 29.6 Å². The molecule has 170 valence electrons. The molecular weight excluding hydrogens is 496 g/mol. The predicted octanol–water partition coefficient (Wildman–Crippen LogP) is 3.10. The zero-order valence-electron chi connectivity index (χ0n) is 18.5. The summed E-state index contributed by atoms with van der Waals surface area (Å²) in [5, 5.41) is 6.73. The van der Waals surface area contributed by atoms with Crippen LogP contribution in [0.2, 0.25) is 0 Å². The molecule has 1 atom stereocenters. The maximum absolute atomic E-state index is 14.4. The van der Waals surface area contributed by atoms with E-state index in [4.69, 9.17) is 4.74 Å². The maximum Gasteiger partial charge on any atom is 0.191 e. The second-order valence-electron chi connectivity index (χ2n) is 8.31. The van der Waals surface area contributed by atoms with Gasteiger partial charge in [0.2, 0.25) is 0 Å². The largest absolute Gasteiger partial charge is 0.490 e. The number of ether oxygens (including phenoxy) is 1. The summed E-state index contributed by atoms with van der Waals surface area (Å²) in [6.07, 6.45) is 3.61. The molecule has 0 aromatic heterocycles. The van der Waals surface area contributed by atoms with Crippen molar-refractivity contribution in [3.8, 4) is 5.75 Å². The highest BCUT2D eigenvalue weighted by Crippen LogP contribution is 2.30. The van der Waals surface area contributed by atoms with Crippen molar-refractivity contribution in [2.45, 2.75) is 32.2 Å². The van der Waals surface area contributed by atoms with Crippen LogP contribution in [0.25, 0.3) is 0 Å². The van der Waals surface area contributed by atoms with Crippen molar-refractivity contribution in [3.63, 3.8) is 0 Å². The van der Waals surface area contributed by atoms with E-state index >= 15 is 0 Å². The maximum atomic E-state index is 14.4. The van der Waals surface area contributed by atoms with E-state index in [0.717, 1.165) is 44.2 Å². The van der Waals surface area contributed by atoms with E-state index in [1.165, 1.54) is 25.8 Å². The van der Waals surface area contributed by atoms with Gasteiger partial charge >= 0.3 is 0 Å². The van der Waals surface area contributed by atoms with E-state index in [1.54, 1.807) is 19.2 Å². The molecule has 0 bridgehead atoms. The van der Waals surface area contributed by atoms with Crippen LogP contribution >= 0.6 is 24.0 Å².